The molecule has 0 fully saturated rings. The maximum Gasteiger partial charge on any atom is 0.257 e. The molecule has 34 heavy (non-hydrogen) atoms. The number of amides is 2. The van der Waals surface area contributed by atoms with Crippen molar-refractivity contribution in [1.29, 1.82) is 0 Å². The first kappa shape index (κ1) is 23.2. The highest BCUT2D eigenvalue weighted by atomic mass is 32.2. The second-order valence-electron chi connectivity index (χ2n) is 7.84. The highest BCUT2D eigenvalue weighted by Gasteiger charge is 2.12. The Morgan fingerprint density at radius 1 is 1.00 bits per heavy atom. The first-order valence-corrected chi connectivity index (χ1v) is 11.7. The fourth-order valence-corrected chi connectivity index (χ4v) is 3.95. The van der Waals surface area contributed by atoms with Gasteiger partial charge in [0, 0.05) is 29.5 Å². The van der Waals surface area contributed by atoms with Crippen molar-refractivity contribution in [2.75, 3.05) is 16.4 Å². The summed E-state index contributed by atoms with van der Waals surface area (Å²) in [6.07, 6.45) is 4.74. The van der Waals surface area contributed by atoms with Crippen molar-refractivity contribution in [3.63, 3.8) is 0 Å². The fourth-order valence-electron chi connectivity index (χ4n) is 3.22. The first-order chi connectivity index (χ1) is 16.5. The number of benzene rings is 2. The first-order valence-electron chi connectivity index (χ1n) is 10.7. The van der Waals surface area contributed by atoms with Crippen LogP contribution in [0.1, 0.15) is 35.7 Å². The molecule has 4 aromatic rings. The van der Waals surface area contributed by atoms with E-state index in [1.807, 2.05) is 16.7 Å². The maximum atomic E-state index is 12.5. The summed E-state index contributed by atoms with van der Waals surface area (Å²) in [6.45, 7) is 4.30. The van der Waals surface area contributed by atoms with E-state index in [0.717, 1.165) is 5.69 Å². The molecule has 8 nitrogen and oxygen atoms in total. The van der Waals surface area contributed by atoms with E-state index in [1.54, 1.807) is 48.9 Å². The van der Waals surface area contributed by atoms with E-state index < -0.39 is 0 Å². The number of aromatic nitrogens is 4. The third-order valence-electron chi connectivity index (χ3n) is 5.01. The summed E-state index contributed by atoms with van der Waals surface area (Å²) in [4.78, 5) is 28.8. The SMILES string of the molecule is CC(C)c1ccc(-n2cnnc2SCC(=O)Nc2cccc(NC(=O)c3cccnc3)c2)cc1. The molecular formula is C25H24N6O2S. The van der Waals surface area contributed by atoms with Gasteiger partial charge in [0.05, 0.1) is 11.3 Å². The summed E-state index contributed by atoms with van der Waals surface area (Å²) in [5.41, 5.74) is 3.80. The molecule has 0 saturated heterocycles. The van der Waals surface area contributed by atoms with Crippen molar-refractivity contribution < 1.29 is 9.59 Å². The number of thioether (sulfide) groups is 1. The monoisotopic (exact) mass is 472 g/mol. The highest BCUT2D eigenvalue weighted by molar-refractivity contribution is 7.99. The maximum absolute atomic E-state index is 12.5. The van der Waals surface area contributed by atoms with Crippen LogP contribution in [0.5, 0.6) is 0 Å². The van der Waals surface area contributed by atoms with Gasteiger partial charge in [-0.3, -0.25) is 19.1 Å². The van der Waals surface area contributed by atoms with Crippen LogP contribution < -0.4 is 10.6 Å². The number of pyridine rings is 1. The molecule has 2 amide bonds. The number of hydrogen-bond acceptors (Lipinski definition) is 6. The average Bonchev–Trinajstić information content (AvgIpc) is 3.32. The van der Waals surface area contributed by atoms with Gasteiger partial charge in [0.1, 0.15) is 6.33 Å². The normalized spacial score (nSPS) is 10.8. The summed E-state index contributed by atoms with van der Waals surface area (Å²) in [5, 5.41) is 14.4. The van der Waals surface area contributed by atoms with Crippen LogP contribution in [0.3, 0.4) is 0 Å². The van der Waals surface area contributed by atoms with Gasteiger partial charge in [0.15, 0.2) is 5.16 Å². The van der Waals surface area contributed by atoms with Crippen molar-refractivity contribution in [1.82, 2.24) is 19.7 Å². The molecule has 0 aliphatic carbocycles. The summed E-state index contributed by atoms with van der Waals surface area (Å²) < 4.78 is 1.86. The third-order valence-corrected chi connectivity index (χ3v) is 5.96. The van der Waals surface area contributed by atoms with Crippen molar-refractivity contribution >= 4 is 35.0 Å². The molecule has 9 heteroatoms. The predicted molar refractivity (Wildman–Crippen MR) is 133 cm³/mol. The van der Waals surface area contributed by atoms with Gasteiger partial charge < -0.3 is 10.6 Å². The van der Waals surface area contributed by atoms with Gasteiger partial charge in [-0.2, -0.15) is 0 Å². The van der Waals surface area contributed by atoms with Crippen LogP contribution in [-0.2, 0) is 4.79 Å². The van der Waals surface area contributed by atoms with E-state index >= 15 is 0 Å². The predicted octanol–water partition coefficient (Wildman–Crippen LogP) is 4.77. The van der Waals surface area contributed by atoms with Crippen LogP contribution in [-0.4, -0.2) is 37.3 Å². The Balaban J connectivity index is 1.35. The van der Waals surface area contributed by atoms with E-state index in [0.29, 0.717) is 28.0 Å². The molecule has 172 valence electrons. The molecule has 0 atom stereocenters. The third kappa shape index (κ3) is 5.87. The quantitative estimate of drug-likeness (QED) is 0.358. The number of anilines is 2. The van der Waals surface area contributed by atoms with Crippen LogP contribution in [0, 0.1) is 0 Å². The molecule has 0 unspecified atom stereocenters. The molecule has 0 aliphatic heterocycles. The second kappa shape index (κ2) is 10.8. The van der Waals surface area contributed by atoms with Gasteiger partial charge in [-0.25, -0.2) is 0 Å². The Morgan fingerprint density at radius 3 is 2.47 bits per heavy atom. The molecule has 4 rings (SSSR count). The highest BCUT2D eigenvalue weighted by Crippen LogP contribution is 2.22. The van der Waals surface area contributed by atoms with E-state index in [4.69, 9.17) is 0 Å². The number of nitrogens with one attached hydrogen (secondary N) is 2. The van der Waals surface area contributed by atoms with E-state index in [9.17, 15) is 9.59 Å². The minimum absolute atomic E-state index is 0.162. The van der Waals surface area contributed by atoms with Gasteiger partial charge >= 0.3 is 0 Å². The van der Waals surface area contributed by atoms with Gasteiger partial charge in [-0.1, -0.05) is 43.8 Å². The van der Waals surface area contributed by atoms with Crippen LogP contribution in [0.2, 0.25) is 0 Å². The Hall–Kier alpha value is -3.98. The lowest BCUT2D eigenvalue weighted by atomic mass is 10.0. The lowest BCUT2D eigenvalue weighted by Crippen LogP contribution is -2.15. The molecule has 2 N–H and O–H groups in total. The van der Waals surface area contributed by atoms with Crippen LogP contribution in [0.4, 0.5) is 11.4 Å². The minimum Gasteiger partial charge on any atom is -0.325 e. The molecular weight excluding hydrogens is 448 g/mol. The summed E-state index contributed by atoms with van der Waals surface area (Å²) >= 11 is 1.30. The summed E-state index contributed by atoms with van der Waals surface area (Å²) in [6, 6.07) is 18.6. The Kier molecular flexibility index (Phi) is 7.34. The van der Waals surface area contributed by atoms with E-state index in [2.05, 4.69) is 51.8 Å². The van der Waals surface area contributed by atoms with Gasteiger partial charge in [0.25, 0.3) is 5.91 Å². The van der Waals surface area contributed by atoms with E-state index in [-0.39, 0.29) is 17.6 Å². The van der Waals surface area contributed by atoms with Gasteiger partial charge in [-0.05, 0) is 53.9 Å². The zero-order valence-corrected chi connectivity index (χ0v) is 19.6. The summed E-state index contributed by atoms with van der Waals surface area (Å²) in [5.74, 6) is 0.155. The van der Waals surface area contributed by atoms with Crippen LogP contribution >= 0.6 is 11.8 Å². The molecule has 2 heterocycles. The smallest absolute Gasteiger partial charge is 0.257 e. The van der Waals surface area contributed by atoms with Crippen molar-refractivity contribution in [2.45, 2.75) is 24.9 Å². The summed E-state index contributed by atoms with van der Waals surface area (Å²) in [7, 11) is 0. The number of nitrogens with zero attached hydrogens (tertiary/aromatic N) is 4. The standard InChI is InChI=1S/C25H24N6O2S/c1-17(2)18-8-10-22(11-9-18)31-16-27-30-25(31)34-15-23(32)28-20-6-3-7-21(13-20)29-24(33)19-5-4-12-26-14-19/h3-14,16-17H,15H2,1-2H3,(H,28,32)(H,29,33). The molecule has 2 aromatic heterocycles. The van der Waals surface area contributed by atoms with Crippen molar-refractivity contribution in [2.24, 2.45) is 0 Å². The zero-order valence-electron chi connectivity index (χ0n) is 18.8. The molecule has 0 radical (unpaired) electrons. The van der Waals surface area contributed by atoms with Gasteiger partial charge in [0.2, 0.25) is 5.91 Å². The number of carbonyl (C=O) groups excluding carboxylic acids is 2. The van der Waals surface area contributed by atoms with Crippen LogP contribution in [0.15, 0.2) is 84.5 Å². The minimum atomic E-state index is -0.270. The Bertz CT molecular complexity index is 1270. The molecule has 0 bridgehead atoms. The van der Waals surface area contributed by atoms with Crippen molar-refractivity contribution in [3.05, 3.63) is 90.5 Å². The fraction of sp³-hybridized carbons (Fsp3) is 0.160. The molecule has 0 spiro atoms. The number of rotatable bonds is 8. The zero-order chi connectivity index (χ0) is 23.9. The second-order valence-corrected chi connectivity index (χ2v) is 8.79. The van der Waals surface area contributed by atoms with Gasteiger partial charge in [-0.15, -0.1) is 10.2 Å². The van der Waals surface area contributed by atoms with E-state index in [1.165, 1.54) is 23.5 Å². The Labute approximate surface area is 201 Å². The lowest BCUT2D eigenvalue weighted by molar-refractivity contribution is -0.113. The topological polar surface area (TPSA) is 102 Å². The molecule has 2 aromatic carbocycles. The average molecular weight is 473 g/mol. The number of carbonyl (C=O) groups is 2. The van der Waals surface area contributed by atoms with Crippen molar-refractivity contribution in [3.8, 4) is 5.69 Å². The largest absolute Gasteiger partial charge is 0.325 e. The van der Waals surface area contributed by atoms with Crippen LogP contribution in [0.25, 0.3) is 5.69 Å². The molecule has 0 saturated carbocycles. The lowest BCUT2D eigenvalue weighted by Gasteiger charge is -2.10. The number of hydrogen-bond donors (Lipinski definition) is 2. The molecule has 0 aliphatic rings. The Morgan fingerprint density at radius 2 is 1.76 bits per heavy atom.